The SMILES string of the molecule is COc1ccc(C(=O)C2CCN(C(=O)NCc3ccc(Cn4ccnc4)cc3)CC2)cc1. The first kappa shape index (κ1) is 21.6. The number of carbonyl (C=O) groups is 2. The number of amides is 2. The average molecular weight is 433 g/mol. The molecule has 166 valence electrons. The van der Waals surface area contributed by atoms with Gasteiger partial charge in [0, 0.05) is 50.1 Å². The number of carbonyl (C=O) groups excluding carboxylic acids is 2. The van der Waals surface area contributed by atoms with E-state index in [1.54, 1.807) is 48.8 Å². The zero-order valence-electron chi connectivity index (χ0n) is 18.2. The lowest BCUT2D eigenvalue weighted by Gasteiger charge is -2.31. The van der Waals surface area contributed by atoms with Crippen molar-refractivity contribution < 1.29 is 14.3 Å². The van der Waals surface area contributed by atoms with Gasteiger partial charge < -0.3 is 19.5 Å². The molecule has 7 heteroatoms. The lowest BCUT2D eigenvalue weighted by atomic mass is 9.89. The molecule has 7 nitrogen and oxygen atoms in total. The number of likely N-dealkylation sites (tertiary alicyclic amines) is 1. The number of aromatic nitrogens is 2. The lowest BCUT2D eigenvalue weighted by Crippen LogP contribution is -2.45. The molecule has 1 N–H and O–H groups in total. The highest BCUT2D eigenvalue weighted by atomic mass is 16.5. The van der Waals surface area contributed by atoms with Crippen molar-refractivity contribution in [1.29, 1.82) is 0 Å². The molecule has 1 aliphatic heterocycles. The van der Waals surface area contributed by atoms with Gasteiger partial charge >= 0.3 is 6.03 Å². The van der Waals surface area contributed by atoms with Gasteiger partial charge in [-0.1, -0.05) is 24.3 Å². The summed E-state index contributed by atoms with van der Waals surface area (Å²) in [6, 6.07) is 15.3. The van der Waals surface area contributed by atoms with Crippen LogP contribution in [0.1, 0.15) is 34.3 Å². The van der Waals surface area contributed by atoms with Gasteiger partial charge in [0.1, 0.15) is 5.75 Å². The molecule has 32 heavy (non-hydrogen) atoms. The molecule has 0 spiro atoms. The van der Waals surface area contributed by atoms with E-state index in [2.05, 4.69) is 22.4 Å². The Bertz CT molecular complexity index is 1020. The number of urea groups is 1. The van der Waals surface area contributed by atoms with Crippen LogP contribution in [0.15, 0.2) is 67.3 Å². The van der Waals surface area contributed by atoms with Crippen molar-refractivity contribution in [2.24, 2.45) is 5.92 Å². The summed E-state index contributed by atoms with van der Waals surface area (Å²) in [7, 11) is 1.61. The smallest absolute Gasteiger partial charge is 0.317 e. The second-order valence-electron chi connectivity index (χ2n) is 8.06. The Morgan fingerprint density at radius 3 is 2.34 bits per heavy atom. The van der Waals surface area contributed by atoms with E-state index in [0.717, 1.165) is 17.9 Å². The number of hydrogen-bond donors (Lipinski definition) is 1. The molecular weight excluding hydrogens is 404 g/mol. The Labute approximate surface area is 188 Å². The van der Waals surface area contributed by atoms with Crippen molar-refractivity contribution in [3.8, 4) is 5.75 Å². The predicted octanol–water partition coefficient (Wildman–Crippen LogP) is 3.74. The highest BCUT2D eigenvalue weighted by molar-refractivity contribution is 5.98. The molecule has 0 atom stereocenters. The van der Waals surface area contributed by atoms with Crippen molar-refractivity contribution in [1.82, 2.24) is 19.8 Å². The fraction of sp³-hybridized carbons (Fsp3) is 0.320. The fourth-order valence-electron chi connectivity index (χ4n) is 3.98. The van der Waals surface area contributed by atoms with E-state index in [4.69, 9.17) is 4.74 Å². The second-order valence-corrected chi connectivity index (χ2v) is 8.06. The van der Waals surface area contributed by atoms with Gasteiger partial charge in [-0.05, 0) is 48.2 Å². The topological polar surface area (TPSA) is 76.5 Å². The number of nitrogens with one attached hydrogen (secondary N) is 1. The van der Waals surface area contributed by atoms with E-state index in [1.165, 1.54) is 5.56 Å². The molecule has 1 saturated heterocycles. The number of piperidine rings is 1. The van der Waals surface area contributed by atoms with E-state index in [0.29, 0.717) is 38.0 Å². The van der Waals surface area contributed by atoms with Crippen LogP contribution in [-0.2, 0) is 13.1 Å². The Morgan fingerprint density at radius 2 is 1.72 bits per heavy atom. The van der Waals surface area contributed by atoms with Crippen molar-refractivity contribution >= 4 is 11.8 Å². The monoisotopic (exact) mass is 432 g/mol. The van der Waals surface area contributed by atoms with Crippen LogP contribution in [0.2, 0.25) is 0 Å². The lowest BCUT2D eigenvalue weighted by molar-refractivity contribution is 0.0854. The van der Waals surface area contributed by atoms with Crippen molar-refractivity contribution in [2.75, 3.05) is 20.2 Å². The van der Waals surface area contributed by atoms with Gasteiger partial charge in [0.15, 0.2) is 5.78 Å². The number of rotatable bonds is 7. The zero-order valence-corrected chi connectivity index (χ0v) is 18.2. The molecule has 2 amide bonds. The normalized spacial score (nSPS) is 14.2. The zero-order chi connectivity index (χ0) is 22.3. The van der Waals surface area contributed by atoms with Crippen molar-refractivity contribution in [2.45, 2.75) is 25.9 Å². The first-order chi connectivity index (χ1) is 15.6. The second kappa shape index (κ2) is 10.1. The van der Waals surface area contributed by atoms with Gasteiger partial charge in [-0.2, -0.15) is 0 Å². The van der Waals surface area contributed by atoms with Gasteiger partial charge in [0.25, 0.3) is 0 Å². The summed E-state index contributed by atoms with van der Waals surface area (Å²) >= 11 is 0. The van der Waals surface area contributed by atoms with Crippen LogP contribution in [0.5, 0.6) is 5.75 Å². The van der Waals surface area contributed by atoms with Crippen LogP contribution >= 0.6 is 0 Å². The summed E-state index contributed by atoms with van der Waals surface area (Å²) in [4.78, 5) is 31.2. The minimum Gasteiger partial charge on any atom is -0.497 e. The Kier molecular flexibility index (Phi) is 6.84. The number of ether oxygens (including phenoxy) is 1. The molecule has 1 aliphatic rings. The summed E-state index contributed by atoms with van der Waals surface area (Å²) in [5.74, 6) is 0.833. The van der Waals surface area contributed by atoms with Crippen molar-refractivity contribution in [3.63, 3.8) is 0 Å². The summed E-state index contributed by atoms with van der Waals surface area (Å²) in [5.41, 5.74) is 2.93. The predicted molar refractivity (Wildman–Crippen MR) is 122 cm³/mol. The van der Waals surface area contributed by atoms with Crippen LogP contribution in [0.3, 0.4) is 0 Å². The maximum Gasteiger partial charge on any atom is 0.317 e. The highest BCUT2D eigenvalue weighted by Gasteiger charge is 2.27. The number of Topliss-reactive ketones (excluding diaryl/α,β-unsaturated/α-hetero) is 1. The number of methoxy groups -OCH3 is 1. The molecule has 0 bridgehead atoms. The van der Waals surface area contributed by atoms with Gasteiger partial charge in [-0.3, -0.25) is 4.79 Å². The number of nitrogens with zero attached hydrogens (tertiary/aromatic N) is 3. The van der Waals surface area contributed by atoms with Crippen LogP contribution in [0.4, 0.5) is 4.79 Å². The third kappa shape index (κ3) is 5.35. The number of imidazole rings is 1. The summed E-state index contributed by atoms with van der Waals surface area (Å²) in [6.07, 6.45) is 6.86. The minimum absolute atomic E-state index is 0.0458. The van der Waals surface area contributed by atoms with Crippen LogP contribution in [0, 0.1) is 5.92 Å². The maximum absolute atomic E-state index is 12.7. The molecule has 1 fully saturated rings. The first-order valence-electron chi connectivity index (χ1n) is 10.9. The third-order valence-electron chi connectivity index (χ3n) is 5.92. The molecule has 2 heterocycles. The molecule has 4 rings (SSSR count). The maximum atomic E-state index is 12.7. The van der Waals surface area contributed by atoms with E-state index in [9.17, 15) is 9.59 Å². The van der Waals surface area contributed by atoms with E-state index in [-0.39, 0.29) is 17.7 Å². The van der Waals surface area contributed by atoms with Crippen molar-refractivity contribution in [3.05, 3.63) is 83.9 Å². The van der Waals surface area contributed by atoms with Gasteiger partial charge in [0.05, 0.1) is 13.4 Å². The molecule has 0 unspecified atom stereocenters. The van der Waals surface area contributed by atoms with Gasteiger partial charge in [-0.25, -0.2) is 9.78 Å². The van der Waals surface area contributed by atoms with Crippen LogP contribution in [0.25, 0.3) is 0 Å². The Morgan fingerprint density at radius 1 is 1.03 bits per heavy atom. The highest BCUT2D eigenvalue weighted by Crippen LogP contribution is 2.23. The van der Waals surface area contributed by atoms with Gasteiger partial charge in [0.2, 0.25) is 0 Å². The number of ketones is 1. The Balaban J connectivity index is 1.22. The van der Waals surface area contributed by atoms with Crippen LogP contribution in [-0.4, -0.2) is 46.5 Å². The summed E-state index contributed by atoms with van der Waals surface area (Å²) < 4.78 is 7.16. The average Bonchev–Trinajstić information content (AvgIpc) is 3.36. The van der Waals surface area contributed by atoms with Crippen LogP contribution < -0.4 is 10.1 Å². The quantitative estimate of drug-likeness (QED) is 0.577. The molecule has 2 aromatic carbocycles. The first-order valence-corrected chi connectivity index (χ1v) is 10.9. The standard InChI is InChI=1S/C25H28N4O3/c1-32-23-8-6-21(7-9-23)24(30)22-10-13-29(14-11-22)25(31)27-16-19-2-4-20(5-3-19)17-28-15-12-26-18-28/h2-9,12,15,18,22H,10-11,13-14,16-17H2,1H3,(H,27,31). The van der Waals surface area contributed by atoms with E-state index in [1.807, 2.05) is 22.9 Å². The third-order valence-corrected chi connectivity index (χ3v) is 5.92. The summed E-state index contributed by atoms with van der Waals surface area (Å²) in [6.45, 7) is 2.43. The molecule has 0 radical (unpaired) electrons. The summed E-state index contributed by atoms with van der Waals surface area (Å²) in [5, 5.41) is 3.00. The Hall–Kier alpha value is -3.61. The molecule has 0 saturated carbocycles. The molecule has 3 aromatic rings. The molecular formula is C25H28N4O3. The minimum atomic E-state index is -0.0807. The number of benzene rings is 2. The largest absolute Gasteiger partial charge is 0.497 e. The van der Waals surface area contributed by atoms with Gasteiger partial charge in [-0.15, -0.1) is 0 Å². The molecule has 0 aliphatic carbocycles. The number of hydrogen-bond acceptors (Lipinski definition) is 4. The van der Waals surface area contributed by atoms with E-state index < -0.39 is 0 Å². The molecule has 1 aromatic heterocycles. The fourth-order valence-corrected chi connectivity index (χ4v) is 3.98. The van der Waals surface area contributed by atoms with E-state index >= 15 is 0 Å².